The maximum Gasteiger partial charge on any atom is 0.261 e. The zero-order valence-corrected chi connectivity index (χ0v) is 13.3. The summed E-state index contributed by atoms with van der Waals surface area (Å²) in [5, 5.41) is 1.01. The number of para-hydroxylation sites is 1. The van der Waals surface area contributed by atoms with Crippen LogP contribution in [0.25, 0.3) is 10.9 Å². The lowest BCUT2D eigenvalue weighted by Gasteiger charge is -2.10. The molecule has 0 atom stereocenters. The molecule has 0 bridgehead atoms. The average Bonchev–Trinajstić information content (AvgIpc) is 2.52. The smallest absolute Gasteiger partial charge is 0.261 e. The van der Waals surface area contributed by atoms with E-state index in [0.717, 1.165) is 0 Å². The highest BCUT2D eigenvalue weighted by Crippen LogP contribution is 2.24. The second-order valence-electron chi connectivity index (χ2n) is 4.81. The molecule has 0 N–H and O–H groups in total. The Balaban J connectivity index is 1.83. The van der Waals surface area contributed by atoms with Gasteiger partial charge in [-0.1, -0.05) is 35.3 Å². The zero-order chi connectivity index (χ0) is 16.4. The first-order valence-corrected chi connectivity index (χ1v) is 7.53. The summed E-state index contributed by atoms with van der Waals surface area (Å²) in [6.07, 6.45) is 1.38. The van der Waals surface area contributed by atoms with Crippen LogP contribution >= 0.6 is 23.2 Å². The molecule has 0 unspecified atom stereocenters. The number of fused-ring (bicyclic) bond motifs is 1. The Morgan fingerprint density at radius 3 is 2.78 bits per heavy atom. The van der Waals surface area contributed by atoms with E-state index in [4.69, 9.17) is 27.9 Å². The van der Waals surface area contributed by atoms with E-state index >= 15 is 0 Å². The van der Waals surface area contributed by atoms with E-state index in [1.165, 1.54) is 35.2 Å². The minimum Gasteiger partial charge on any atom is -0.489 e. The number of aromatic nitrogens is 2. The van der Waals surface area contributed by atoms with Crippen molar-refractivity contribution in [3.8, 4) is 5.75 Å². The van der Waals surface area contributed by atoms with Gasteiger partial charge >= 0.3 is 0 Å². The third-order valence-corrected chi connectivity index (χ3v) is 3.78. The Kier molecular flexibility index (Phi) is 4.50. The van der Waals surface area contributed by atoms with E-state index in [1.807, 2.05) is 0 Å². The molecular formula is C16H11Cl2FN2O2. The minimum atomic E-state index is -0.449. The molecule has 0 radical (unpaired) electrons. The Bertz CT molecular complexity index is 928. The van der Waals surface area contributed by atoms with Crippen LogP contribution in [-0.2, 0) is 6.54 Å². The summed E-state index contributed by atoms with van der Waals surface area (Å²) in [6.45, 7) is 0.350. The first kappa shape index (κ1) is 15.8. The average molecular weight is 353 g/mol. The number of halogens is 3. The number of nitrogens with zero attached hydrogens (tertiary/aromatic N) is 2. The largest absolute Gasteiger partial charge is 0.489 e. The normalized spacial score (nSPS) is 10.9. The fourth-order valence-electron chi connectivity index (χ4n) is 2.17. The molecule has 7 heteroatoms. The number of ether oxygens (including phenoxy) is 1. The van der Waals surface area contributed by atoms with Crippen molar-refractivity contribution >= 4 is 34.1 Å². The Labute approximate surface area is 141 Å². The van der Waals surface area contributed by atoms with Gasteiger partial charge in [-0.3, -0.25) is 9.36 Å². The lowest BCUT2D eigenvalue weighted by atomic mass is 10.2. The summed E-state index contributed by atoms with van der Waals surface area (Å²) in [7, 11) is 0. The van der Waals surface area contributed by atoms with Crippen molar-refractivity contribution in [2.45, 2.75) is 6.54 Å². The van der Waals surface area contributed by atoms with Crippen LogP contribution < -0.4 is 10.3 Å². The number of hydrogen-bond acceptors (Lipinski definition) is 3. The van der Waals surface area contributed by atoms with E-state index in [9.17, 15) is 9.18 Å². The quantitative estimate of drug-likeness (QED) is 0.714. The molecule has 0 aliphatic carbocycles. The van der Waals surface area contributed by atoms with Crippen LogP contribution in [0.3, 0.4) is 0 Å². The highest BCUT2D eigenvalue weighted by Gasteiger charge is 2.09. The molecule has 4 nitrogen and oxygen atoms in total. The van der Waals surface area contributed by atoms with Crippen molar-refractivity contribution in [2.75, 3.05) is 6.61 Å². The molecule has 0 amide bonds. The van der Waals surface area contributed by atoms with Crippen molar-refractivity contribution in [2.24, 2.45) is 0 Å². The monoisotopic (exact) mass is 352 g/mol. The van der Waals surface area contributed by atoms with E-state index in [2.05, 4.69) is 4.98 Å². The van der Waals surface area contributed by atoms with Gasteiger partial charge in [-0.25, -0.2) is 9.37 Å². The fourth-order valence-corrected chi connectivity index (χ4v) is 2.71. The van der Waals surface area contributed by atoms with Gasteiger partial charge in [0.05, 0.1) is 28.8 Å². The molecular weight excluding hydrogens is 342 g/mol. The molecule has 0 aliphatic heterocycles. The third kappa shape index (κ3) is 3.30. The molecule has 0 spiro atoms. The highest BCUT2D eigenvalue weighted by molar-refractivity contribution is 6.38. The maximum atomic E-state index is 13.5. The molecule has 3 rings (SSSR count). The topological polar surface area (TPSA) is 44.1 Å². The van der Waals surface area contributed by atoms with Crippen molar-refractivity contribution < 1.29 is 9.13 Å². The molecule has 0 saturated carbocycles. The summed E-state index contributed by atoms with van der Waals surface area (Å²) < 4.78 is 20.2. The van der Waals surface area contributed by atoms with Crippen LogP contribution in [0.5, 0.6) is 5.75 Å². The molecule has 0 fully saturated rings. The minimum absolute atomic E-state index is 0.127. The van der Waals surface area contributed by atoms with Gasteiger partial charge < -0.3 is 4.74 Å². The van der Waals surface area contributed by atoms with Crippen molar-refractivity contribution in [3.63, 3.8) is 0 Å². The third-order valence-electron chi connectivity index (χ3n) is 3.27. The van der Waals surface area contributed by atoms with Gasteiger partial charge in [-0.2, -0.15) is 0 Å². The summed E-state index contributed by atoms with van der Waals surface area (Å²) in [6, 6.07) is 9.13. The number of hydrogen-bond donors (Lipinski definition) is 0. The zero-order valence-electron chi connectivity index (χ0n) is 11.8. The summed E-state index contributed by atoms with van der Waals surface area (Å²) in [5.74, 6) is -0.310. The van der Waals surface area contributed by atoms with Gasteiger partial charge in [0.25, 0.3) is 5.56 Å². The number of benzene rings is 2. The lowest BCUT2D eigenvalue weighted by Crippen LogP contribution is -2.23. The maximum absolute atomic E-state index is 13.5. The molecule has 118 valence electrons. The van der Waals surface area contributed by atoms with Crippen LogP contribution in [0.15, 0.2) is 47.5 Å². The Morgan fingerprint density at radius 1 is 1.22 bits per heavy atom. The van der Waals surface area contributed by atoms with Crippen molar-refractivity contribution in [1.82, 2.24) is 9.55 Å². The molecule has 23 heavy (non-hydrogen) atoms. The van der Waals surface area contributed by atoms with Crippen LogP contribution in [-0.4, -0.2) is 16.2 Å². The van der Waals surface area contributed by atoms with Crippen LogP contribution in [0.2, 0.25) is 10.0 Å². The molecule has 1 aromatic heterocycles. The van der Waals surface area contributed by atoms with E-state index in [0.29, 0.717) is 20.9 Å². The standard InChI is InChI=1S/C16H11Cl2FN2O2/c17-10-7-11-15(12(18)8-10)20-9-21(16(11)22)5-6-23-14-4-2-1-3-13(14)19/h1-4,7-9H,5-6H2. The van der Waals surface area contributed by atoms with Crippen molar-refractivity contribution in [1.29, 1.82) is 0 Å². The highest BCUT2D eigenvalue weighted by atomic mass is 35.5. The summed E-state index contributed by atoms with van der Waals surface area (Å²) >= 11 is 12.0. The summed E-state index contributed by atoms with van der Waals surface area (Å²) in [4.78, 5) is 16.6. The van der Waals surface area contributed by atoms with Gasteiger partial charge in [-0.05, 0) is 24.3 Å². The molecule has 2 aromatic carbocycles. The molecule has 0 aliphatic rings. The Hall–Kier alpha value is -2.11. The summed E-state index contributed by atoms with van der Waals surface area (Å²) in [5.41, 5.74) is 0.115. The van der Waals surface area contributed by atoms with Gasteiger partial charge in [0.15, 0.2) is 11.6 Å². The van der Waals surface area contributed by atoms with Crippen LogP contribution in [0, 0.1) is 5.82 Å². The van der Waals surface area contributed by atoms with Gasteiger partial charge in [0.2, 0.25) is 0 Å². The van der Waals surface area contributed by atoms with Crippen molar-refractivity contribution in [3.05, 3.63) is 68.9 Å². The SMILES string of the molecule is O=c1c2cc(Cl)cc(Cl)c2ncn1CCOc1ccccc1F. The van der Waals surface area contributed by atoms with E-state index < -0.39 is 5.82 Å². The van der Waals surface area contributed by atoms with E-state index in [1.54, 1.807) is 12.1 Å². The second-order valence-corrected chi connectivity index (χ2v) is 5.65. The molecule has 3 aromatic rings. The van der Waals surface area contributed by atoms with E-state index in [-0.39, 0.29) is 24.5 Å². The second kappa shape index (κ2) is 6.56. The fraction of sp³-hybridized carbons (Fsp3) is 0.125. The van der Waals surface area contributed by atoms with Gasteiger partial charge in [0.1, 0.15) is 6.61 Å². The lowest BCUT2D eigenvalue weighted by molar-refractivity contribution is 0.282. The molecule has 0 saturated heterocycles. The van der Waals surface area contributed by atoms with Gasteiger partial charge in [0, 0.05) is 5.02 Å². The van der Waals surface area contributed by atoms with Crippen LogP contribution in [0.4, 0.5) is 4.39 Å². The number of rotatable bonds is 4. The predicted molar refractivity (Wildman–Crippen MR) is 87.9 cm³/mol. The first-order valence-electron chi connectivity index (χ1n) is 6.78. The predicted octanol–water partition coefficient (Wildman–Crippen LogP) is 3.92. The van der Waals surface area contributed by atoms with Gasteiger partial charge in [-0.15, -0.1) is 0 Å². The van der Waals surface area contributed by atoms with Crippen LogP contribution in [0.1, 0.15) is 0 Å². The molecule has 1 heterocycles. The first-order chi connectivity index (χ1) is 11.1. The Morgan fingerprint density at radius 2 is 2.00 bits per heavy atom.